The number of nitrogens with two attached hydrogens (primary N) is 1. The molecule has 0 fully saturated rings. The molecule has 0 radical (unpaired) electrons. The van der Waals surface area contributed by atoms with Crippen LogP contribution in [0.15, 0.2) is 18.2 Å². The highest BCUT2D eigenvalue weighted by atomic mass is 19.1. The number of rotatable bonds is 2. The molecule has 0 amide bonds. The standard InChI is InChI=1S/C9H11F2NO/c1-9(13,5-12)7-3-2-6(10)4-8(7)11/h2-4,13H,5,12H2,1H3/t9-/m0/s1. The molecule has 0 aliphatic rings. The van der Waals surface area contributed by atoms with E-state index in [0.717, 1.165) is 12.1 Å². The van der Waals surface area contributed by atoms with Gasteiger partial charge < -0.3 is 10.8 Å². The van der Waals surface area contributed by atoms with Crippen LogP contribution in [0.25, 0.3) is 0 Å². The van der Waals surface area contributed by atoms with Gasteiger partial charge in [-0.05, 0) is 13.0 Å². The van der Waals surface area contributed by atoms with Gasteiger partial charge in [0.1, 0.15) is 17.2 Å². The van der Waals surface area contributed by atoms with Crippen molar-refractivity contribution in [2.75, 3.05) is 6.54 Å². The van der Waals surface area contributed by atoms with Crippen LogP contribution in [0.1, 0.15) is 12.5 Å². The maximum absolute atomic E-state index is 13.1. The molecule has 0 bridgehead atoms. The minimum absolute atomic E-state index is 0.0106. The summed E-state index contributed by atoms with van der Waals surface area (Å²) in [6.45, 7) is 1.26. The van der Waals surface area contributed by atoms with Crippen molar-refractivity contribution < 1.29 is 13.9 Å². The summed E-state index contributed by atoms with van der Waals surface area (Å²) in [7, 11) is 0. The molecule has 3 N–H and O–H groups in total. The second kappa shape index (κ2) is 3.40. The summed E-state index contributed by atoms with van der Waals surface area (Å²) in [5, 5.41) is 9.58. The number of hydrogen-bond donors (Lipinski definition) is 2. The van der Waals surface area contributed by atoms with Crippen molar-refractivity contribution in [3.63, 3.8) is 0 Å². The monoisotopic (exact) mass is 187 g/mol. The van der Waals surface area contributed by atoms with Crippen molar-refractivity contribution in [1.29, 1.82) is 0 Å². The van der Waals surface area contributed by atoms with Gasteiger partial charge in [0.25, 0.3) is 0 Å². The smallest absolute Gasteiger partial charge is 0.132 e. The third kappa shape index (κ3) is 2.02. The second-order valence-electron chi connectivity index (χ2n) is 3.10. The summed E-state index contributed by atoms with van der Waals surface area (Å²) in [6.07, 6.45) is 0. The van der Waals surface area contributed by atoms with Crippen LogP contribution in [0.4, 0.5) is 8.78 Å². The first kappa shape index (κ1) is 10.1. The molecule has 4 heteroatoms. The van der Waals surface area contributed by atoms with E-state index in [0.29, 0.717) is 0 Å². The van der Waals surface area contributed by atoms with E-state index in [-0.39, 0.29) is 12.1 Å². The summed E-state index contributed by atoms with van der Waals surface area (Å²) in [5.41, 5.74) is 3.80. The van der Waals surface area contributed by atoms with Gasteiger partial charge in [0, 0.05) is 18.2 Å². The Hall–Kier alpha value is -1.00. The predicted octanol–water partition coefficient (Wildman–Crippen LogP) is 1.13. The fourth-order valence-corrected chi connectivity index (χ4v) is 1.04. The number of halogens is 2. The molecular formula is C9H11F2NO. The first-order chi connectivity index (χ1) is 5.97. The van der Waals surface area contributed by atoms with E-state index >= 15 is 0 Å². The van der Waals surface area contributed by atoms with E-state index in [4.69, 9.17) is 5.73 Å². The summed E-state index contributed by atoms with van der Waals surface area (Å²) in [4.78, 5) is 0. The summed E-state index contributed by atoms with van der Waals surface area (Å²) in [6, 6.07) is 3.00. The third-order valence-corrected chi connectivity index (χ3v) is 1.91. The number of hydrogen-bond acceptors (Lipinski definition) is 2. The highest BCUT2D eigenvalue weighted by molar-refractivity contribution is 5.24. The Morgan fingerprint density at radius 1 is 1.46 bits per heavy atom. The van der Waals surface area contributed by atoms with Gasteiger partial charge in [-0.1, -0.05) is 6.07 Å². The van der Waals surface area contributed by atoms with Gasteiger partial charge in [-0.25, -0.2) is 8.78 Å². The Morgan fingerprint density at radius 2 is 2.08 bits per heavy atom. The molecule has 0 saturated carbocycles. The second-order valence-corrected chi connectivity index (χ2v) is 3.10. The Balaban J connectivity index is 3.16. The Morgan fingerprint density at radius 3 is 2.54 bits per heavy atom. The van der Waals surface area contributed by atoms with Crippen molar-refractivity contribution in [3.8, 4) is 0 Å². The quantitative estimate of drug-likeness (QED) is 0.729. The average Bonchev–Trinajstić information content (AvgIpc) is 2.03. The molecule has 72 valence electrons. The maximum atomic E-state index is 13.1. The predicted molar refractivity (Wildman–Crippen MR) is 45.0 cm³/mol. The fourth-order valence-electron chi connectivity index (χ4n) is 1.04. The Kier molecular flexibility index (Phi) is 2.63. The minimum atomic E-state index is -1.45. The van der Waals surface area contributed by atoms with E-state index in [9.17, 15) is 13.9 Å². The van der Waals surface area contributed by atoms with Gasteiger partial charge in [-0.3, -0.25) is 0 Å². The molecule has 0 spiro atoms. The average molecular weight is 187 g/mol. The molecule has 0 aliphatic heterocycles. The van der Waals surface area contributed by atoms with Crippen LogP contribution in [0.3, 0.4) is 0 Å². The van der Waals surface area contributed by atoms with Crippen molar-refractivity contribution in [3.05, 3.63) is 35.4 Å². The van der Waals surface area contributed by atoms with Crippen LogP contribution in [0, 0.1) is 11.6 Å². The van der Waals surface area contributed by atoms with Crippen LogP contribution < -0.4 is 5.73 Å². The van der Waals surface area contributed by atoms with E-state index < -0.39 is 17.2 Å². The lowest BCUT2D eigenvalue weighted by atomic mass is 9.96. The van der Waals surface area contributed by atoms with Crippen LogP contribution in [-0.4, -0.2) is 11.7 Å². The zero-order chi connectivity index (χ0) is 10.1. The Labute approximate surface area is 75.0 Å². The number of benzene rings is 1. The minimum Gasteiger partial charge on any atom is -0.384 e. The largest absolute Gasteiger partial charge is 0.384 e. The highest BCUT2D eigenvalue weighted by Gasteiger charge is 2.24. The van der Waals surface area contributed by atoms with Crippen molar-refractivity contribution >= 4 is 0 Å². The molecule has 0 saturated heterocycles. The normalized spacial score (nSPS) is 15.5. The molecule has 0 unspecified atom stereocenters. The summed E-state index contributed by atoms with van der Waals surface area (Å²) < 4.78 is 25.6. The zero-order valence-electron chi connectivity index (χ0n) is 7.22. The van der Waals surface area contributed by atoms with E-state index in [1.165, 1.54) is 13.0 Å². The third-order valence-electron chi connectivity index (χ3n) is 1.91. The van der Waals surface area contributed by atoms with E-state index in [1.54, 1.807) is 0 Å². The zero-order valence-corrected chi connectivity index (χ0v) is 7.22. The Bertz CT molecular complexity index is 312. The SMILES string of the molecule is C[C@](O)(CN)c1ccc(F)cc1F. The van der Waals surface area contributed by atoms with Crippen LogP contribution >= 0.6 is 0 Å². The molecule has 0 aromatic heterocycles. The fraction of sp³-hybridized carbons (Fsp3) is 0.333. The lowest BCUT2D eigenvalue weighted by molar-refractivity contribution is 0.0628. The van der Waals surface area contributed by atoms with Gasteiger partial charge in [0.05, 0.1) is 0 Å². The van der Waals surface area contributed by atoms with Crippen molar-refractivity contribution in [2.24, 2.45) is 5.73 Å². The first-order valence-electron chi connectivity index (χ1n) is 3.85. The summed E-state index contributed by atoms with van der Waals surface area (Å²) in [5.74, 6) is -1.45. The molecule has 0 aliphatic carbocycles. The van der Waals surface area contributed by atoms with Gasteiger partial charge in [0.2, 0.25) is 0 Å². The molecule has 1 aromatic rings. The van der Waals surface area contributed by atoms with Crippen LogP contribution in [0.5, 0.6) is 0 Å². The van der Waals surface area contributed by atoms with E-state index in [1.807, 2.05) is 0 Å². The van der Waals surface area contributed by atoms with Gasteiger partial charge in [0.15, 0.2) is 0 Å². The van der Waals surface area contributed by atoms with Gasteiger partial charge in [-0.15, -0.1) is 0 Å². The van der Waals surface area contributed by atoms with Crippen molar-refractivity contribution in [2.45, 2.75) is 12.5 Å². The van der Waals surface area contributed by atoms with Gasteiger partial charge in [-0.2, -0.15) is 0 Å². The molecule has 1 atom stereocenters. The number of aliphatic hydroxyl groups is 1. The molecule has 2 nitrogen and oxygen atoms in total. The van der Waals surface area contributed by atoms with E-state index in [2.05, 4.69) is 0 Å². The first-order valence-corrected chi connectivity index (χ1v) is 3.85. The lowest BCUT2D eigenvalue weighted by Crippen LogP contribution is -2.32. The van der Waals surface area contributed by atoms with Gasteiger partial charge >= 0.3 is 0 Å². The topological polar surface area (TPSA) is 46.2 Å². The molecular weight excluding hydrogens is 176 g/mol. The summed E-state index contributed by atoms with van der Waals surface area (Å²) >= 11 is 0. The highest BCUT2D eigenvalue weighted by Crippen LogP contribution is 2.22. The molecule has 0 heterocycles. The van der Waals surface area contributed by atoms with Crippen LogP contribution in [-0.2, 0) is 5.60 Å². The van der Waals surface area contributed by atoms with Crippen molar-refractivity contribution in [1.82, 2.24) is 0 Å². The van der Waals surface area contributed by atoms with Crippen LogP contribution in [0.2, 0.25) is 0 Å². The molecule has 1 rings (SSSR count). The molecule has 1 aromatic carbocycles. The lowest BCUT2D eigenvalue weighted by Gasteiger charge is -2.21. The molecule has 13 heavy (non-hydrogen) atoms. The maximum Gasteiger partial charge on any atom is 0.132 e.